The molecule has 0 heterocycles. The SMILES string of the molecule is CC(O)C(C)Oc1c(F)c(F)cc(F)c1F. The van der Waals surface area contributed by atoms with Crippen LogP contribution in [0.2, 0.25) is 0 Å². The Kier molecular flexibility index (Phi) is 3.74. The molecule has 0 aliphatic carbocycles. The van der Waals surface area contributed by atoms with Crippen molar-refractivity contribution < 1.29 is 27.4 Å². The largest absolute Gasteiger partial charge is 0.482 e. The molecule has 0 aliphatic rings. The second-order valence-electron chi connectivity index (χ2n) is 3.36. The van der Waals surface area contributed by atoms with Crippen LogP contribution in [0.3, 0.4) is 0 Å². The van der Waals surface area contributed by atoms with Crippen LogP contribution < -0.4 is 4.74 Å². The molecule has 6 heteroatoms. The lowest BCUT2D eigenvalue weighted by molar-refractivity contribution is 0.0539. The molecule has 0 aromatic heterocycles. The quantitative estimate of drug-likeness (QED) is 0.647. The van der Waals surface area contributed by atoms with Crippen LogP contribution in [0.15, 0.2) is 6.07 Å². The van der Waals surface area contributed by atoms with Gasteiger partial charge in [0.05, 0.1) is 6.10 Å². The Labute approximate surface area is 89.5 Å². The van der Waals surface area contributed by atoms with E-state index in [0.717, 1.165) is 0 Å². The number of rotatable bonds is 3. The van der Waals surface area contributed by atoms with E-state index in [9.17, 15) is 17.6 Å². The Hall–Kier alpha value is -1.30. The number of aliphatic hydroxyl groups excluding tert-OH is 1. The van der Waals surface area contributed by atoms with Gasteiger partial charge in [-0.05, 0) is 13.8 Å². The van der Waals surface area contributed by atoms with E-state index in [0.29, 0.717) is 0 Å². The minimum Gasteiger partial charge on any atom is -0.482 e. The third-order valence-corrected chi connectivity index (χ3v) is 2.05. The third-order valence-electron chi connectivity index (χ3n) is 2.05. The summed E-state index contributed by atoms with van der Waals surface area (Å²) in [5, 5.41) is 9.05. The van der Waals surface area contributed by atoms with Crippen molar-refractivity contribution >= 4 is 0 Å². The first-order valence-electron chi connectivity index (χ1n) is 4.52. The Morgan fingerprint density at radius 2 is 1.50 bits per heavy atom. The lowest BCUT2D eigenvalue weighted by Crippen LogP contribution is -2.26. The topological polar surface area (TPSA) is 29.5 Å². The van der Waals surface area contributed by atoms with Crippen molar-refractivity contribution in [2.45, 2.75) is 26.1 Å². The molecule has 90 valence electrons. The monoisotopic (exact) mass is 238 g/mol. The van der Waals surface area contributed by atoms with Gasteiger partial charge in [0.2, 0.25) is 11.6 Å². The second-order valence-corrected chi connectivity index (χ2v) is 3.36. The van der Waals surface area contributed by atoms with Gasteiger partial charge in [-0.25, -0.2) is 8.78 Å². The van der Waals surface area contributed by atoms with Crippen LogP contribution >= 0.6 is 0 Å². The summed E-state index contributed by atoms with van der Waals surface area (Å²) in [5.41, 5.74) is 0. The number of halogens is 4. The number of aliphatic hydroxyl groups is 1. The highest BCUT2D eigenvalue weighted by Gasteiger charge is 2.23. The Bertz CT molecular complexity index is 367. The number of benzene rings is 1. The van der Waals surface area contributed by atoms with E-state index in [4.69, 9.17) is 5.11 Å². The van der Waals surface area contributed by atoms with E-state index < -0.39 is 41.2 Å². The Morgan fingerprint density at radius 1 is 1.06 bits per heavy atom. The summed E-state index contributed by atoms with van der Waals surface area (Å²) in [6.07, 6.45) is -2.03. The molecular formula is C10H10F4O2. The van der Waals surface area contributed by atoms with Gasteiger partial charge in [-0.3, -0.25) is 0 Å². The molecule has 2 atom stereocenters. The predicted octanol–water partition coefficient (Wildman–Crippen LogP) is 2.39. The fraction of sp³-hybridized carbons (Fsp3) is 0.400. The van der Waals surface area contributed by atoms with Gasteiger partial charge in [0.25, 0.3) is 0 Å². The molecule has 1 aromatic rings. The first-order valence-corrected chi connectivity index (χ1v) is 4.52. The minimum absolute atomic E-state index is 0.0879. The van der Waals surface area contributed by atoms with Crippen molar-refractivity contribution in [3.05, 3.63) is 29.3 Å². The molecule has 0 spiro atoms. The average Bonchev–Trinajstić information content (AvgIpc) is 2.21. The van der Waals surface area contributed by atoms with Crippen molar-refractivity contribution in [1.82, 2.24) is 0 Å². The summed E-state index contributed by atoms with van der Waals surface area (Å²) in [5.74, 6) is -7.50. The van der Waals surface area contributed by atoms with Crippen LogP contribution in [0, 0.1) is 23.3 Å². The molecule has 2 unspecified atom stereocenters. The van der Waals surface area contributed by atoms with E-state index in [1.807, 2.05) is 0 Å². The molecule has 0 fully saturated rings. The molecule has 0 saturated heterocycles. The second kappa shape index (κ2) is 4.69. The van der Waals surface area contributed by atoms with Gasteiger partial charge in [-0.15, -0.1) is 0 Å². The van der Waals surface area contributed by atoms with Crippen LogP contribution in [0.5, 0.6) is 5.75 Å². The summed E-state index contributed by atoms with van der Waals surface area (Å²) in [4.78, 5) is 0. The first kappa shape index (κ1) is 12.8. The highest BCUT2D eigenvalue weighted by atomic mass is 19.2. The normalized spacial score (nSPS) is 14.7. The average molecular weight is 238 g/mol. The molecule has 16 heavy (non-hydrogen) atoms. The maximum Gasteiger partial charge on any atom is 0.203 e. The van der Waals surface area contributed by atoms with Gasteiger partial charge in [-0.1, -0.05) is 0 Å². The Morgan fingerprint density at radius 3 is 1.88 bits per heavy atom. The molecule has 1 rings (SSSR count). The summed E-state index contributed by atoms with van der Waals surface area (Å²) in [6.45, 7) is 2.63. The first-order chi connectivity index (χ1) is 7.34. The van der Waals surface area contributed by atoms with Gasteiger partial charge in [0.15, 0.2) is 17.4 Å². The van der Waals surface area contributed by atoms with E-state index in [1.165, 1.54) is 13.8 Å². The van der Waals surface area contributed by atoms with Gasteiger partial charge in [-0.2, -0.15) is 8.78 Å². The van der Waals surface area contributed by atoms with E-state index in [-0.39, 0.29) is 6.07 Å². The summed E-state index contributed by atoms with van der Waals surface area (Å²) >= 11 is 0. The van der Waals surface area contributed by atoms with Crippen LogP contribution in [0.4, 0.5) is 17.6 Å². The summed E-state index contributed by atoms with van der Waals surface area (Å²) < 4.78 is 56.3. The maximum absolute atomic E-state index is 13.1. The molecule has 0 aliphatic heterocycles. The standard InChI is InChI=1S/C10H10F4O2/c1-4(15)5(2)16-10-8(13)6(11)3-7(12)9(10)14/h3-5,15H,1-2H3. The van der Waals surface area contributed by atoms with Gasteiger partial charge >= 0.3 is 0 Å². The lowest BCUT2D eigenvalue weighted by Gasteiger charge is -2.18. The van der Waals surface area contributed by atoms with Crippen LogP contribution in [0.1, 0.15) is 13.8 Å². The summed E-state index contributed by atoms with van der Waals surface area (Å²) in [6, 6.07) is 0.0879. The molecule has 1 aromatic carbocycles. The summed E-state index contributed by atoms with van der Waals surface area (Å²) in [7, 11) is 0. The third kappa shape index (κ3) is 2.44. The van der Waals surface area contributed by atoms with Crippen molar-refractivity contribution in [3.8, 4) is 5.75 Å². The molecule has 0 radical (unpaired) electrons. The van der Waals surface area contributed by atoms with Gasteiger partial charge in [0, 0.05) is 6.07 Å². The molecule has 0 saturated carbocycles. The fourth-order valence-electron chi connectivity index (χ4n) is 0.939. The van der Waals surface area contributed by atoms with Gasteiger partial charge in [0.1, 0.15) is 6.10 Å². The van der Waals surface area contributed by atoms with Crippen molar-refractivity contribution in [2.24, 2.45) is 0 Å². The molecule has 1 N–H and O–H groups in total. The van der Waals surface area contributed by atoms with Crippen molar-refractivity contribution in [3.63, 3.8) is 0 Å². The van der Waals surface area contributed by atoms with Crippen LogP contribution in [-0.2, 0) is 0 Å². The number of hydrogen-bond donors (Lipinski definition) is 1. The molecule has 0 bridgehead atoms. The zero-order valence-electron chi connectivity index (χ0n) is 8.60. The highest BCUT2D eigenvalue weighted by molar-refractivity contribution is 5.28. The van der Waals surface area contributed by atoms with Crippen molar-refractivity contribution in [1.29, 1.82) is 0 Å². The van der Waals surface area contributed by atoms with E-state index >= 15 is 0 Å². The zero-order valence-corrected chi connectivity index (χ0v) is 8.60. The minimum atomic E-state index is -1.62. The van der Waals surface area contributed by atoms with Crippen LogP contribution in [-0.4, -0.2) is 17.3 Å². The lowest BCUT2D eigenvalue weighted by atomic mass is 10.2. The van der Waals surface area contributed by atoms with Gasteiger partial charge < -0.3 is 9.84 Å². The van der Waals surface area contributed by atoms with E-state index in [2.05, 4.69) is 4.74 Å². The van der Waals surface area contributed by atoms with Crippen LogP contribution in [0.25, 0.3) is 0 Å². The highest BCUT2D eigenvalue weighted by Crippen LogP contribution is 2.27. The smallest absolute Gasteiger partial charge is 0.203 e. The fourth-order valence-corrected chi connectivity index (χ4v) is 0.939. The molecule has 2 nitrogen and oxygen atoms in total. The number of ether oxygens (including phenoxy) is 1. The predicted molar refractivity (Wildman–Crippen MR) is 48.0 cm³/mol. The molecular weight excluding hydrogens is 228 g/mol. The Balaban J connectivity index is 3.12. The number of hydrogen-bond acceptors (Lipinski definition) is 2. The molecule has 0 amide bonds. The zero-order chi connectivity index (χ0) is 12.5. The van der Waals surface area contributed by atoms with E-state index in [1.54, 1.807) is 0 Å². The maximum atomic E-state index is 13.1. The van der Waals surface area contributed by atoms with Crippen molar-refractivity contribution in [2.75, 3.05) is 0 Å².